The van der Waals surface area contributed by atoms with E-state index in [-0.39, 0.29) is 24.2 Å². The zero-order chi connectivity index (χ0) is 25.0. The van der Waals surface area contributed by atoms with Gasteiger partial charge in [0.1, 0.15) is 11.4 Å². The fourth-order valence-electron chi connectivity index (χ4n) is 4.71. The molecule has 2 atom stereocenters. The van der Waals surface area contributed by atoms with Crippen molar-refractivity contribution in [2.45, 2.75) is 32.4 Å². The lowest BCUT2D eigenvalue weighted by Crippen LogP contribution is -2.53. The molecule has 2 unspecified atom stereocenters. The zero-order valence-corrected chi connectivity index (χ0v) is 20.4. The van der Waals surface area contributed by atoms with Crippen molar-refractivity contribution in [3.8, 4) is 0 Å². The second-order valence-corrected chi connectivity index (χ2v) is 9.54. The minimum absolute atomic E-state index is 0.0265. The third kappa shape index (κ3) is 5.82. The third-order valence-corrected chi connectivity index (χ3v) is 6.72. The molecule has 0 aliphatic carbocycles. The van der Waals surface area contributed by atoms with Crippen LogP contribution in [0.25, 0.3) is 0 Å². The Kier molecular flexibility index (Phi) is 7.40. The first kappa shape index (κ1) is 24.7. The molecule has 0 bridgehead atoms. The molecule has 2 aromatic carbocycles. The van der Waals surface area contributed by atoms with Gasteiger partial charge in [-0.15, -0.1) is 0 Å². The lowest BCUT2D eigenvalue weighted by molar-refractivity contribution is -0.139. The first-order valence-electron chi connectivity index (χ1n) is 12.0. The van der Waals surface area contributed by atoms with Crippen LogP contribution in [0.15, 0.2) is 60.9 Å². The number of rotatable bonds is 8. The maximum Gasteiger partial charge on any atom is 0.250 e. The highest BCUT2D eigenvalue weighted by molar-refractivity contribution is 5.91. The van der Waals surface area contributed by atoms with Gasteiger partial charge in [0, 0.05) is 31.9 Å². The second kappa shape index (κ2) is 10.5. The number of hydrogen-bond donors (Lipinski definition) is 2. The molecule has 2 aliphatic heterocycles. The van der Waals surface area contributed by atoms with Gasteiger partial charge < -0.3 is 25.2 Å². The summed E-state index contributed by atoms with van der Waals surface area (Å²) in [6.45, 7) is 10.3. The molecule has 2 aliphatic rings. The Morgan fingerprint density at radius 1 is 1.17 bits per heavy atom. The number of aryl methyl sites for hydroxylation is 1. The summed E-state index contributed by atoms with van der Waals surface area (Å²) in [5, 5.41) is 5.80. The summed E-state index contributed by atoms with van der Waals surface area (Å²) in [5.41, 5.74) is 1.66. The highest BCUT2D eigenvalue weighted by Gasteiger charge is 2.43. The average molecular weight is 481 g/mol. The van der Waals surface area contributed by atoms with E-state index >= 15 is 0 Å². The average Bonchev–Trinajstić information content (AvgIpc) is 3.11. The molecule has 186 valence electrons. The van der Waals surface area contributed by atoms with Crippen molar-refractivity contribution < 1.29 is 18.7 Å². The van der Waals surface area contributed by atoms with Crippen molar-refractivity contribution in [2.75, 3.05) is 37.7 Å². The molecule has 0 aromatic heterocycles. The molecule has 2 aromatic rings. The number of amides is 2. The van der Waals surface area contributed by atoms with Crippen LogP contribution in [-0.4, -0.2) is 55.0 Å². The normalized spacial score (nSPS) is 21.0. The standard InChI is InChI=1S/C27H33FN4O3/c1-19-15-23(9-10-24(19)28)31-11-13-32(14-12-31)25(33)22(16-27(3)26(34)29-20(2)30-27)18-35-17-21-7-5-4-6-8-21/h4-10,15,22,30H,2,11-14,16-18H2,1,3H3,(H,29,34). The SMILES string of the molecule is C=C1NC(=O)C(C)(CC(COCc2ccccc2)C(=O)N2CCN(c3ccc(F)c(C)c3)CC2)N1. The molecule has 35 heavy (non-hydrogen) atoms. The fourth-order valence-corrected chi connectivity index (χ4v) is 4.71. The summed E-state index contributed by atoms with van der Waals surface area (Å²) in [4.78, 5) is 30.2. The van der Waals surface area contributed by atoms with Crippen molar-refractivity contribution in [1.29, 1.82) is 0 Å². The number of nitrogens with zero attached hydrogens (tertiary/aromatic N) is 2. The van der Waals surface area contributed by atoms with Crippen LogP contribution in [0.5, 0.6) is 0 Å². The van der Waals surface area contributed by atoms with E-state index in [1.54, 1.807) is 19.9 Å². The van der Waals surface area contributed by atoms with Crippen LogP contribution < -0.4 is 15.5 Å². The van der Waals surface area contributed by atoms with E-state index in [0.717, 1.165) is 11.3 Å². The Morgan fingerprint density at radius 2 is 1.89 bits per heavy atom. The van der Waals surface area contributed by atoms with E-state index < -0.39 is 11.5 Å². The van der Waals surface area contributed by atoms with Crippen molar-refractivity contribution in [3.63, 3.8) is 0 Å². The van der Waals surface area contributed by atoms with Crippen LogP contribution >= 0.6 is 0 Å². The molecule has 4 rings (SSSR count). The van der Waals surface area contributed by atoms with Gasteiger partial charge in [0.05, 0.1) is 25.0 Å². The van der Waals surface area contributed by atoms with Crippen LogP contribution in [0.3, 0.4) is 0 Å². The van der Waals surface area contributed by atoms with E-state index in [1.165, 1.54) is 6.07 Å². The van der Waals surface area contributed by atoms with Gasteiger partial charge in [0.15, 0.2) is 0 Å². The number of carbonyl (C=O) groups is 2. The minimum Gasteiger partial charge on any atom is -0.376 e. The van der Waals surface area contributed by atoms with E-state index in [9.17, 15) is 14.0 Å². The van der Waals surface area contributed by atoms with E-state index in [1.807, 2.05) is 41.3 Å². The van der Waals surface area contributed by atoms with E-state index in [0.29, 0.717) is 50.6 Å². The Bertz CT molecular complexity index is 1090. The monoisotopic (exact) mass is 480 g/mol. The largest absolute Gasteiger partial charge is 0.376 e. The highest BCUT2D eigenvalue weighted by Crippen LogP contribution is 2.26. The predicted octanol–water partition coefficient (Wildman–Crippen LogP) is 2.96. The maximum absolute atomic E-state index is 13.7. The summed E-state index contributed by atoms with van der Waals surface area (Å²) in [6.07, 6.45) is 0.294. The van der Waals surface area contributed by atoms with Gasteiger partial charge in [-0.25, -0.2) is 4.39 Å². The van der Waals surface area contributed by atoms with Gasteiger partial charge in [-0.05, 0) is 49.6 Å². The lowest BCUT2D eigenvalue weighted by Gasteiger charge is -2.38. The molecule has 0 saturated carbocycles. The third-order valence-electron chi connectivity index (χ3n) is 6.72. The Labute approximate surface area is 205 Å². The minimum atomic E-state index is -0.930. The molecular weight excluding hydrogens is 447 g/mol. The number of hydrogen-bond acceptors (Lipinski definition) is 5. The van der Waals surface area contributed by atoms with Gasteiger partial charge >= 0.3 is 0 Å². The lowest BCUT2D eigenvalue weighted by atomic mass is 9.88. The number of piperazine rings is 1. The van der Waals surface area contributed by atoms with Gasteiger partial charge in [-0.1, -0.05) is 36.9 Å². The fraction of sp³-hybridized carbons (Fsp3) is 0.407. The van der Waals surface area contributed by atoms with Crippen molar-refractivity contribution in [1.82, 2.24) is 15.5 Å². The summed E-state index contributed by atoms with van der Waals surface area (Å²) in [6, 6.07) is 14.9. The molecule has 7 nitrogen and oxygen atoms in total. The first-order chi connectivity index (χ1) is 16.7. The molecule has 0 radical (unpaired) electrons. The summed E-state index contributed by atoms with van der Waals surface area (Å²) in [5.74, 6) is -0.493. The number of nitrogens with one attached hydrogen (secondary N) is 2. The van der Waals surface area contributed by atoms with Crippen molar-refractivity contribution >= 4 is 17.5 Å². The van der Waals surface area contributed by atoms with E-state index in [4.69, 9.17) is 4.74 Å². The maximum atomic E-state index is 13.7. The topological polar surface area (TPSA) is 73.9 Å². The van der Waals surface area contributed by atoms with Crippen LogP contribution in [0, 0.1) is 18.7 Å². The first-order valence-corrected chi connectivity index (χ1v) is 12.0. The zero-order valence-electron chi connectivity index (χ0n) is 20.4. The number of ether oxygens (including phenoxy) is 1. The molecule has 2 heterocycles. The van der Waals surface area contributed by atoms with Crippen LogP contribution in [0.2, 0.25) is 0 Å². The number of halogens is 1. The highest BCUT2D eigenvalue weighted by atomic mass is 19.1. The Hall–Kier alpha value is -3.39. The summed E-state index contributed by atoms with van der Waals surface area (Å²) >= 11 is 0. The second-order valence-electron chi connectivity index (χ2n) is 9.54. The molecule has 2 N–H and O–H groups in total. The quantitative estimate of drug-likeness (QED) is 0.608. The van der Waals surface area contributed by atoms with Gasteiger partial charge in [-0.2, -0.15) is 0 Å². The van der Waals surface area contributed by atoms with Crippen molar-refractivity contribution in [2.24, 2.45) is 5.92 Å². The number of anilines is 1. The van der Waals surface area contributed by atoms with Crippen LogP contribution in [-0.2, 0) is 20.9 Å². The smallest absolute Gasteiger partial charge is 0.250 e. The summed E-state index contributed by atoms with van der Waals surface area (Å²) < 4.78 is 19.6. The summed E-state index contributed by atoms with van der Waals surface area (Å²) in [7, 11) is 0. The van der Waals surface area contributed by atoms with Gasteiger partial charge in [0.25, 0.3) is 5.91 Å². The van der Waals surface area contributed by atoms with Gasteiger partial charge in [-0.3, -0.25) is 9.59 Å². The number of carbonyl (C=O) groups excluding carboxylic acids is 2. The predicted molar refractivity (Wildman–Crippen MR) is 133 cm³/mol. The molecule has 0 spiro atoms. The number of benzene rings is 2. The molecule has 2 fully saturated rings. The molecular formula is C27H33FN4O3. The molecule has 2 amide bonds. The molecule has 8 heteroatoms. The van der Waals surface area contributed by atoms with Crippen LogP contribution in [0.1, 0.15) is 24.5 Å². The van der Waals surface area contributed by atoms with Crippen molar-refractivity contribution in [3.05, 3.63) is 77.9 Å². The van der Waals surface area contributed by atoms with Gasteiger partial charge in [0.2, 0.25) is 5.91 Å². The molecule has 2 saturated heterocycles. The Morgan fingerprint density at radius 3 is 2.51 bits per heavy atom. The Balaban J connectivity index is 1.41. The van der Waals surface area contributed by atoms with Crippen LogP contribution in [0.4, 0.5) is 10.1 Å². The van der Waals surface area contributed by atoms with E-state index in [2.05, 4.69) is 22.1 Å².